The van der Waals surface area contributed by atoms with Crippen molar-refractivity contribution >= 4 is 22.8 Å². The van der Waals surface area contributed by atoms with E-state index >= 15 is 0 Å². The lowest BCUT2D eigenvalue weighted by Crippen LogP contribution is -2.37. The van der Waals surface area contributed by atoms with Gasteiger partial charge in [0.05, 0.1) is 22.9 Å². The molecule has 0 aliphatic carbocycles. The summed E-state index contributed by atoms with van der Waals surface area (Å²) in [6.45, 7) is 2.03. The number of aromatic hydroxyl groups is 1. The molecule has 2 N–H and O–H groups in total. The van der Waals surface area contributed by atoms with Crippen molar-refractivity contribution < 1.29 is 14.7 Å². The van der Waals surface area contributed by atoms with Crippen LogP contribution in [0.4, 0.5) is 0 Å². The molecule has 2 heterocycles. The van der Waals surface area contributed by atoms with E-state index in [2.05, 4.69) is 9.97 Å². The average molecular weight is 364 g/mol. The first-order chi connectivity index (χ1) is 13.1. The maximum absolute atomic E-state index is 12.9. The number of imidazole rings is 1. The van der Waals surface area contributed by atoms with Crippen molar-refractivity contribution in [2.24, 2.45) is 0 Å². The highest BCUT2D eigenvalue weighted by atomic mass is 16.3. The van der Waals surface area contributed by atoms with Crippen LogP contribution >= 0.6 is 0 Å². The number of aromatic amines is 1. The number of rotatable bonds is 2. The molecular weight excluding hydrogens is 344 g/mol. The summed E-state index contributed by atoms with van der Waals surface area (Å²) >= 11 is 0. The molecule has 1 aromatic heterocycles. The van der Waals surface area contributed by atoms with Gasteiger partial charge in [-0.05, 0) is 36.8 Å². The number of fused-ring (bicyclic) bond motifs is 1. The summed E-state index contributed by atoms with van der Waals surface area (Å²) in [7, 11) is 0. The van der Waals surface area contributed by atoms with Gasteiger partial charge in [0.1, 0.15) is 5.75 Å². The molecular formula is C20H20N4O3. The second kappa shape index (κ2) is 7.11. The van der Waals surface area contributed by atoms with Crippen LogP contribution in [0.2, 0.25) is 0 Å². The maximum atomic E-state index is 12.9. The van der Waals surface area contributed by atoms with E-state index < -0.39 is 0 Å². The quantitative estimate of drug-likeness (QED) is 0.730. The highest BCUT2D eigenvalue weighted by molar-refractivity contribution is 5.98. The summed E-state index contributed by atoms with van der Waals surface area (Å²) in [5.74, 6) is -0.280. The molecule has 0 saturated carbocycles. The number of H-pyrrole nitrogens is 1. The molecule has 1 aliphatic rings. The van der Waals surface area contributed by atoms with Crippen molar-refractivity contribution in [2.75, 3.05) is 26.2 Å². The van der Waals surface area contributed by atoms with Crippen LogP contribution in [0.15, 0.2) is 48.8 Å². The van der Waals surface area contributed by atoms with E-state index in [0.717, 1.165) is 11.0 Å². The number of nitrogens with one attached hydrogen (secondary N) is 1. The highest BCUT2D eigenvalue weighted by Gasteiger charge is 2.24. The number of amides is 2. The van der Waals surface area contributed by atoms with Crippen LogP contribution in [0.25, 0.3) is 11.0 Å². The van der Waals surface area contributed by atoms with Crippen molar-refractivity contribution in [1.82, 2.24) is 19.8 Å². The summed E-state index contributed by atoms with van der Waals surface area (Å²) in [5, 5.41) is 9.92. The Morgan fingerprint density at radius 2 is 1.70 bits per heavy atom. The van der Waals surface area contributed by atoms with Crippen LogP contribution in [-0.4, -0.2) is 62.9 Å². The first-order valence-corrected chi connectivity index (χ1v) is 8.93. The minimum atomic E-state index is -0.207. The largest absolute Gasteiger partial charge is 0.507 e. The second-order valence-electron chi connectivity index (χ2n) is 6.59. The van der Waals surface area contributed by atoms with E-state index in [9.17, 15) is 14.7 Å². The van der Waals surface area contributed by atoms with Crippen LogP contribution in [0.1, 0.15) is 27.1 Å². The topological polar surface area (TPSA) is 89.5 Å². The molecule has 27 heavy (non-hydrogen) atoms. The van der Waals surface area contributed by atoms with Gasteiger partial charge >= 0.3 is 0 Å². The Hall–Kier alpha value is -3.35. The number of carbonyl (C=O) groups is 2. The van der Waals surface area contributed by atoms with Gasteiger partial charge in [-0.1, -0.05) is 12.1 Å². The number of para-hydroxylation sites is 1. The summed E-state index contributed by atoms with van der Waals surface area (Å²) in [6, 6.07) is 11.9. The molecule has 138 valence electrons. The predicted octanol–water partition coefficient (Wildman–Crippen LogP) is 2.26. The van der Waals surface area contributed by atoms with Crippen LogP contribution in [0.5, 0.6) is 5.75 Å². The number of aromatic nitrogens is 2. The molecule has 0 radical (unpaired) electrons. The SMILES string of the molecule is O=C(c1ccc2nc[nH]c2c1)N1CCCN(C(=O)c2ccccc2O)CC1. The second-order valence-corrected chi connectivity index (χ2v) is 6.59. The van der Waals surface area contributed by atoms with Crippen LogP contribution < -0.4 is 0 Å². The zero-order valence-corrected chi connectivity index (χ0v) is 14.8. The summed E-state index contributed by atoms with van der Waals surface area (Å²) in [4.78, 5) is 36.2. The van der Waals surface area contributed by atoms with Crippen molar-refractivity contribution in [1.29, 1.82) is 0 Å². The Morgan fingerprint density at radius 3 is 2.48 bits per heavy atom. The number of hydrogen-bond donors (Lipinski definition) is 2. The third-order valence-electron chi connectivity index (χ3n) is 4.87. The highest BCUT2D eigenvalue weighted by Crippen LogP contribution is 2.20. The van der Waals surface area contributed by atoms with Gasteiger partial charge < -0.3 is 19.9 Å². The monoisotopic (exact) mass is 364 g/mol. The normalized spacial score (nSPS) is 15.0. The Kier molecular flexibility index (Phi) is 4.50. The molecule has 2 aromatic carbocycles. The lowest BCUT2D eigenvalue weighted by atomic mass is 10.1. The summed E-state index contributed by atoms with van der Waals surface area (Å²) < 4.78 is 0. The van der Waals surface area contributed by atoms with Gasteiger partial charge in [0.25, 0.3) is 11.8 Å². The molecule has 3 aromatic rings. The summed E-state index contributed by atoms with van der Waals surface area (Å²) in [6.07, 6.45) is 2.30. The van der Waals surface area contributed by atoms with E-state index in [1.54, 1.807) is 46.5 Å². The molecule has 0 spiro atoms. The predicted molar refractivity (Wildman–Crippen MR) is 101 cm³/mol. The molecule has 7 heteroatoms. The number of benzene rings is 2. The van der Waals surface area contributed by atoms with Gasteiger partial charge in [0.2, 0.25) is 0 Å². The van der Waals surface area contributed by atoms with E-state index in [-0.39, 0.29) is 17.6 Å². The first-order valence-electron chi connectivity index (χ1n) is 8.93. The molecule has 1 fully saturated rings. The van der Waals surface area contributed by atoms with Crippen molar-refractivity contribution in [3.05, 3.63) is 59.9 Å². The van der Waals surface area contributed by atoms with Crippen molar-refractivity contribution in [3.8, 4) is 5.75 Å². The number of nitrogens with zero attached hydrogens (tertiary/aromatic N) is 3. The number of carbonyl (C=O) groups excluding carboxylic acids is 2. The minimum Gasteiger partial charge on any atom is -0.507 e. The van der Waals surface area contributed by atoms with E-state index in [0.29, 0.717) is 43.7 Å². The number of phenolic OH excluding ortho intramolecular Hbond substituents is 1. The lowest BCUT2D eigenvalue weighted by Gasteiger charge is -2.22. The van der Waals surface area contributed by atoms with Crippen molar-refractivity contribution in [2.45, 2.75) is 6.42 Å². The molecule has 0 unspecified atom stereocenters. The Bertz CT molecular complexity index is 998. The van der Waals surface area contributed by atoms with Gasteiger partial charge in [-0.15, -0.1) is 0 Å². The smallest absolute Gasteiger partial charge is 0.257 e. The van der Waals surface area contributed by atoms with Gasteiger partial charge in [-0.25, -0.2) is 4.98 Å². The fraction of sp³-hybridized carbons (Fsp3) is 0.250. The fourth-order valence-corrected chi connectivity index (χ4v) is 3.40. The van der Waals surface area contributed by atoms with Crippen molar-refractivity contribution in [3.63, 3.8) is 0 Å². The summed E-state index contributed by atoms with van der Waals surface area (Å²) in [5.41, 5.74) is 2.54. The molecule has 0 bridgehead atoms. The molecule has 4 rings (SSSR count). The van der Waals surface area contributed by atoms with Crippen LogP contribution in [-0.2, 0) is 0 Å². The molecule has 0 atom stereocenters. The maximum Gasteiger partial charge on any atom is 0.257 e. The van der Waals surface area contributed by atoms with E-state index in [1.807, 2.05) is 6.07 Å². The third kappa shape index (κ3) is 3.36. The van der Waals surface area contributed by atoms with Gasteiger partial charge in [-0.3, -0.25) is 9.59 Å². The Balaban J connectivity index is 1.47. The Morgan fingerprint density at radius 1 is 0.963 bits per heavy atom. The van der Waals surface area contributed by atoms with Gasteiger partial charge in [-0.2, -0.15) is 0 Å². The van der Waals surface area contributed by atoms with E-state index in [4.69, 9.17) is 0 Å². The van der Waals surface area contributed by atoms with Crippen LogP contribution in [0.3, 0.4) is 0 Å². The zero-order chi connectivity index (χ0) is 18.8. The van der Waals surface area contributed by atoms with E-state index in [1.165, 1.54) is 6.07 Å². The number of hydrogen-bond acceptors (Lipinski definition) is 4. The Labute approximate surface area is 156 Å². The number of phenols is 1. The average Bonchev–Trinajstić information content (AvgIpc) is 3.02. The molecule has 2 amide bonds. The third-order valence-corrected chi connectivity index (χ3v) is 4.87. The molecule has 1 saturated heterocycles. The molecule has 7 nitrogen and oxygen atoms in total. The lowest BCUT2D eigenvalue weighted by molar-refractivity contribution is 0.0717. The molecule has 1 aliphatic heterocycles. The fourth-order valence-electron chi connectivity index (χ4n) is 3.40. The van der Waals surface area contributed by atoms with Gasteiger partial charge in [0, 0.05) is 31.7 Å². The minimum absolute atomic E-state index is 0.0208. The van der Waals surface area contributed by atoms with Crippen LogP contribution in [0, 0.1) is 0 Å². The van der Waals surface area contributed by atoms with Gasteiger partial charge in [0.15, 0.2) is 0 Å². The standard InChI is InChI=1S/C20H20N4O3/c25-18-5-2-1-4-15(18)20(27)24-9-3-8-23(10-11-24)19(26)14-6-7-16-17(12-14)22-13-21-16/h1-2,4-7,12-13,25H,3,8-11H2,(H,21,22). The first kappa shape index (κ1) is 17.1. The zero-order valence-electron chi connectivity index (χ0n) is 14.8.